The molecule has 4 nitrogen and oxygen atoms in total. The van der Waals surface area contributed by atoms with E-state index < -0.39 is 0 Å². The first kappa shape index (κ1) is 14.3. The van der Waals surface area contributed by atoms with Gasteiger partial charge in [0, 0.05) is 24.5 Å². The molecule has 19 heavy (non-hydrogen) atoms. The normalized spacial score (nSPS) is 16.2. The lowest BCUT2D eigenvalue weighted by Gasteiger charge is -2.19. The van der Waals surface area contributed by atoms with Crippen molar-refractivity contribution in [3.05, 3.63) is 17.5 Å². The van der Waals surface area contributed by atoms with Crippen molar-refractivity contribution in [3.63, 3.8) is 0 Å². The molecule has 0 radical (unpaired) electrons. The summed E-state index contributed by atoms with van der Waals surface area (Å²) < 4.78 is 0. The highest BCUT2D eigenvalue weighted by atomic mass is 32.2. The number of likely N-dealkylation sites (tertiary alicyclic amines) is 1. The van der Waals surface area contributed by atoms with Crippen LogP contribution in [-0.2, 0) is 4.79 Å². The molecule has 1 aliphatic heterocycles. The molecule has 2 rings (SSSR count). The Kier molecular flexibility index (Phi) is 5.19. The van der Waals surface area contributed by atoms with Crippen molar-refractivity contribution in [1.82, 2.24) is 14.9 Å². The van der Waals surface area contributed by atoms with Crippen molar-refractivity contribution >= 4 is 17.7 Å². The summed E-state index contributed by atoms with van der Waals surface area (Å²) in [4.78, 5) is 22.8. The van der Waals surface area contributed by atoms with Crippen LogP contribution in [-0.4, -0.2) is 39.6 Å². The topological polar surface area (TPSA) is 46.1 Å². The Bertz CT molecular complexity index is 422. The lowest BCUT2D eigenvalue weighted by Crippen LogP contribution is -2.33. The van der Waals surface area contributed by atoms with Crippen LogP contribution in [0, 0.1) is 13.8 Å². The molecule has 1 amide bonds. The highest BCUT2D eigenvalue weighted by molar-refractivity contribution is 7.99. The van der Waals surface area contributed by atoms with Gasteiger partial charge >= 0.3 is 0 Å². The lowest BCUT2D eigenvalue weighted by molar-refractivity contribution is -0.128. The van der Waals surface area contributed by atoms with Gasteiger partial charge in [-0.05, 0) is 32.8 Å². The Morgan fingerprint density at radius 1 is 1.16 bits per heavy atom. The molecule has 1 saturated heterocycles. The van der Waals surface area contributed by atoms with E-state index in [1.165, 1.54) is 24.6 Å². The summed E-state index contributed by atoms with van der Waals surface area (Å²) in [6.07, 6.45) is 4.77. The van der Waals surface area contributed by atoms with E-state index in [9.17, 15) is 4.79 Å². The van der Waals surface area contributed by atoms with Crippen LogP contribution in [0.15, 0.2) is 11.2 Å². The number of rotatable bonds is 3. The van der Waals surface area contributed by atoms with Gasteiger partial charge in [0.1, 0.15) is 0 Å². The van der Waals surface area contributed by atoms with Gasteiger partial charge in [-0.3, -0.25) is 4.79 Å². The average Bonchev–Trinajstić information content (AvgIpc) is 2.63. The van der Waals surface area contributed by atoms with Gasteiger partial charge < -0.3 is 4.90 Å². The van der Waals surface area contributed by atoms with Crippen molar-refractivity contribution in [2.75, 3.05) is 18.8 Å². The zero-order chi connectivity index (χ0) is 13.7. The number of nitrogens with zero attached hydrogens (tertiary/aromatic N) is 3. The minimum absolute atomic E-state index is 0.217. The van der Waals surface area contributed by atoms with Gasteiger partial charge in [0.05, 0.1) is 5.75 Å². The molecule has 0 unspecified atom stereocenters. The van der Waals surface area contributed by atoms with Gasteiger partial charge in [-0.15, -0.1) is 0 Å². The first-order chi connectivity index (χ1) is 9.15. The van der Waals surface area contributed by atoms with E-state index in [2.05, 4.69) is 9.97 Å². The summed E-state index contributed by atoms with van der Waals surface area (Å²) in [5.41, 5.74) is 1.91. The molecule has 0 N–H and O–H groups in total. The van der Waals surface area contributed by atoms with E-state index in [0.29, 0.717) is 10.9 Å². The van der Waals surface area contributed by atoms with E-state index in [4.69, 9.17) is 0 Å². The smallest absolute Gasteiger partial charge is 0.233 e. The number of hydrogen-bond donors (Lipinski definition) is 0. The third-order valence-electron chi connectivity index (χ3n) is 3.25. The second-order valence-electron chi connectivity index (χ2n) is 5.02. The monoisotopic (exact) mass is 279 g/mol. The highest BCUT2D eigenvalue weighted by Crippen LogP contribution is 2.16. The minimum atomic E-state index is 0.217. The van der Waals surface area contributed by atoms with Crippen LogP contribution in [0.4, 0.5) is 0 Å². The Hall–Kier alpha value is -1.10. The molecule has 1 aromatic heterocycles. The van der Waals surface area contributed by atoms with E-state index >= 15 is 0 Å². The Morgan fingerprint density at radius 3 is 2.32 bits per heavy atom. The first-order valence-corrected chi connectivity index (χ1v) is 7.86. The molecule has 5 heteroatoms. The molecule has 0 bridgehead atoms. The van der Waals surface area contributed by atoms with Crippen LogP contribution < -0.4 is 0 Å². The van der Waals surface area contributed by atoms with Crippen LogP contribution >= 0.6 is 11.8 Å². The SMILES string of the molecule is Cc1cc(C)nc(SCC(=O)N2CCCCCC2)n1. The van der Waals surface area contributed by atoms with Crippen LogP contribution in [0.2, 0.25) is 0 Å². The van der Waals surface area contributed by atoms with Crippen molar-refractivity contribution in [1.29, 1.82) is 0 Å². The number of amides is 1. The molecule has 1 aliphatic rings. The summed E-state index contributed by atoms with van der Waals surface area (Å²) in [6.45, 7) is 5.73. The van der Waals surface area contributed by atoms with E-state index in [0.717, 1.165) is 37.3 Å². The number of carbonyl (C=O) groups excluding carboxylic acids is 1. The number of aromatic nitrogens is 2. The molecule has 0 aromatic carbocycles. The molecule has 104 valence electrons. The summed E-state index contributed by atoms with van der Waals surface area (Å²) in [5.74, 6) is 0.665. The predicted octanol–water partition coefficient (Wildman–Crippen LogP) is 2.59. The molecule has 1 fully saturated rings. The van der Waals surface area contributed by atoms with Gasteiger partial charge in [0.15, 0.2) is 5.16 Å². The summed E-state index contributed by atoms with van der Waals surface area (Å²) in [6, 6.07) is 1.95. The standard InChI is InChI=1S/C14H21N3OS/c1-11-9-12(2)16-14(15-11)19-10-13(18)17-7-5-3-4-6-8-17/h9H,3-8,10H2,1-2H3. The molecule has 0 spiro atoms. The third-order valence-corrected chi connectivity index (χ3v) is 4.08. The maximum Gasteiger partial charge on any atom is 0.233 e. The van der Waals surface area contributed by atoms with Crippen molar-refractivity contribution < 1.29 is 4.79 Å². The molecular weight excluding hydrogens is 258 g/mol. The zero-order valence-electron chi connectivity index (χ0n) is 11.7. The predicted molar refractivity (Wildman–Crippen MR) is 77.3 cm³/mol. The highest BCUT2D eigenvalue weighted by Gasteiger charge is 2.16. The van der Waals surface area contributed by atoms with E-state index in [1.54, 1.807) is 0 Å². The Labute approximate surface area is 119 Å². The second kappa shape index (κ2) is 6.89. The maximum atomic E-state index is 12.1. The Morgan fingerprint density at radius 2 is 1.74 bits per heavy atom. The number of hydrogen-bond acceptors (Lipinski definition) is 4. The van der Waals surface area contributed by atoms with Crippen molar-refractivity contribution in [3.8, 4) is 0 Å². The van der Waals surface area contributed by atoms with Gasteiger partial charge in [-0.25, -0.2) is 9.97 Å². The largest absolute Gasteiger partial charge is 0.342 e. The minimum Gasteiger partial charge on any atom is -0.342 e. The van der Waals surface area contributed by atoms with Crippen LogP contribution in [0.1, 0.15) is 37.1 Å². The average molecular weight is 279 g/mol. The fourth-order valence-corrected chi connectivity index (χ4v) is 3.15. The quantitative estimate of drug-likeness (QED) is 0.630. The fourth-order valence-electron chi connectivity index (χ4n) is 2.30. The van der Waals surface area contributed by atoms with Gasteiger partial charge in [-0.2, -0.15) is 0 Å². The number of carbonyl (C=O) groups is 1. The molecule has 2 heterocycles. The number of aryl methyl sites for hydroxylation is 2. The molecule has 0 aliphatic carbocycles. The van der Waals surface area contributed by atoms with Crippen LogP contribution in [0.3, 0.4) is 0 Å². The van der Waals surface area contributed by atoms with Crippen LogP contribution in [0.5, 0.6) is 0 Å². The fraction of sp³-hybridized carbons (Fsp3) is 0.643. The van der Waals surface area contributed by atoms with Crippen molar-refractivity contribution in [2.45, 2.75) is 44.7 Å². The van der Waals surface area contributed by atoms with Crippen LogP contribution in [0.25, 0.3) is 0 Å². The summed E-state index contributed by atoms with van der Waals surface area (Å²) >= 11 is 1.44. The molecule has 1 aromatic rings. The zero-order valence-corrected chi connectivity index (χ0v) is 12.5. The summed E-state index contributed by atoms with van der Waals surface area (Å²) in [7, 11) is 0. The van der Waals surface area contributed by atoms with Gasteiger partial charge in [0.2, 0.25) is 5.91 Å². The lowest BCUT2D eigenvalue weighted by atomic mass is 10.2. The summed E-state index contributed by atoms with van der Waals surface area (Å²) in [5, 5.41) is 0.709. The molecule has 0 atom stereocenters. The number of thioether (sulfide) groups is 1. The first-order valence-electron chi connectivity index (χ1n) is 6.88. The molecular formula is C14H21N3OS. The van der Waals surface area contributed by atoms with Gasteiger partial charge in [-0.1, -0.05) is 24.6 Å². The van der Waals surface area contributed by atoms with E-state index in [-0.39, 0.29) is 5.91 Å². The third kappa shape index (κ3) is 4.49. The second-order valence-corrected chi connectivity index (χ2v) is 5.96. The van der Waals surface area contributed by atoms with Crippen molar-refractivity contribution in [2.24, 2.45) is 0 Å². The maximum absolute atomic E-state index is 12.1. The van der Waals surface area contributed by atoms with E-state index in [1.807, 2.05) is 24.8 Å². The Balaban J connectivity index is 1.88. The molecule has 0 saturated carbocycles. The van der Waals surface area contributed by atoms with Gasteiger partial charge in [0.25, 0.3) is 0 Å².